The van der Waals surface area contributed by atoms with Crippen LogP contribution >= 0.6 is 0 Å². The van der Waals surface area contributed by atoms with Gasteiger partial charge in [-0.05, 0) is 55.7 Å². The zero-order chi connectivity index (χ0) is 22.8. The lowest BCUT2D eigenvalue weighted by Gasteiger charge is -2.34. The number of halogens is 1. The van der Waals surface area contributed by atoms with E-state index in [9.17, 15) is 14.0 Å². The lowest BCUT2D eigenvalue weighted by atomic mass is 10.1. The molecule has 0 saturated carbocycles. The Balaban J connectivity index is 1.23. The first-order chi connectivity index (χ1) is 16.1. The van der Waals surface area contributed by atoms with Crippen LogP contribution in [-0.4, -0.2) is 64.1 Å². The SMILES string of the molecule is O=C(CN1CCN(C(=O)c2nn(-c3ccc(F)cc3)c3c2CCC3)CC1)Nc1ccccc1. The third-order valence-electron chi connectivity index (χ3n) is 6.29. The number of benzene rings is 2. The molecular formula is C25H26FN5O2. The molecule has 3 aromatic rings. The Labute approximate surface area is 191 Å². The van der Waals surface area contributed by atoms with Crippen molar-refractivity contribution < 1.29 is 14.0 Å². The second kappa shape index (κ2) is 9.15. The Bertz CT molecular complexity index is 1150. The molecule has 1 aliphatic carbocycles. The fourth-order valence-electron chi connectivity index (χ4n) is 4.59. The van der Waals surface area contributed by atoms with Crippen molar-refractivity contribution in [2.75, 3.05) is 38.0 Å². The number of amides is 2. The van der Waals surface area contributed by atoms with Gasteiger partial charge in [0.15, 0.2) is 5.69 Å². The van der Waals surface area contributed by atoms with E-state index in [1.54, 1.807) is 16.8 Å². The van der Waals surface area contributed by atoms with E-state index in [-0.39, 0.29) is 17.6 Å². The molecule has 8 heteroatoms. The molecule has 2 aliphatic rings. The molecule has 0 spiro atoms. The highest BCUT2D eigenvalue weighted by molar-refractivity contribution is 5.94. The summed E-state index contributed by atoms with van der Waals surface area (Å²) in [5, 5.41) is 7.55. The summed E-state index contributed by atoms with van der Waals surface area (Å²) in [6.45, 7) is 2.67. The normalized spacial score (nSPS) is 16.0. The minimum Gasteiger partial charge on any atom is -0.335 e. The molecule has 0 unspecified atom stereocenters. The van der Waals surface area contributed by atoms with E-state index in [0.29, 0.717) is 38.4 Å². The molecule has 1 saturated heterocycles. The van der Waals surface area contributed by atoms with Gasteiger partial charge in [-0.3, -0.25) is 14.5 Å². The van der Waals surface area contributed by atoms with Crippen molar-refractivity contribution in [1.29, 1.82) is 0 Å². The van der Waals surface area contributed by atoms with Gasteiger partial charge in [-0.2, -0.15) is 5.10 Å². The van der Waals surface area contributed by atoms with E-state index >= 15 is 0 Å². The Morgan fingerprint density at radius 2 is 1.67 bits per heavy atom. The molecule has 0 atom stereocenters. The van der Waals surface area contributed by atoms with Crippen LogP contribution in [0.25, 0.3) is 5.69 Å². The van der Waals surface area contributed by atoms with Crippen LogP contribution in [0.4, 0.5) is 10.1 Å². The molecule has 1 aliphatic heterocycles. The fourth-order valence-corrected chi connectivity index (χ4v) is 4.59. The molecule has 0 radical (unpaired) electrons. The standard InChI is InChI=1S/C25H26FN5O2/c26-18-9-11-20(12-10-18)31-22-8-4-7-21(22)24(28-31)25(33)30-15-13-29(14-16-30)17-23(32)27-19-5-2-1-3-6-19/h1-3,5-6,9-12H,4,7-8,13-17H2,(H,27,32). The Morgan fingerprint density at radius 3 is 2.39 bits per heavy atom. The van der Waals surface area contributed by atoms with Crippen LogP contribution in [-0.2, 0) is 17.6 Å². The highest BCUT2D eigenvalue weighted by Gasteiger charge is 2.31. The van der Waals surface area contributed by atoms with Crippen LogP contribution < -0.4 is 5.32 Å². The largest absolute Gasteiger partial charge is 0.335 e. The van der Waals surface area contributed by atoms with Gasteiger partial charge in [0, 0.05) is 43.1 Å². The third-order valence-corrected chi connectivity index (χ3v) is 6.29. The molecule has 170 valence electrons. The maximum atomic E-state index is 13.4. The summed E-state index contributed by atoms with van der Waals surface area (Å²) in [4.78, 5) is 29.5. The molecule has 1 aromatic heterocycles. The van der Waals surface area contributed by atoms with E-state index in [1.165, 1.54) is 12.1 Å². The van der Waals surface area contributed by atoms with Gasteiger partial charge in [0.05, 0.1) is 12.2 Å². The van der Waals surface area contributed by atoms with Crippen LogP contribution in [0.5, 0.6) is 0 Å². The minimum atomic E-state index is -0.297. The first-order valence-corrected chi connectivity index (χ1v) is 11.3. The summed E-state index contributed by atoms with van der Waals surface area (Å²) in [7, 11) is 0. The van der Waals surface area contributed by atoms with Gasteiger partial charge >= 0.3 is 0 Å². The number of carbonyl (C=O) groups excluding carboxylic acids is 2. The number of nitrogens with one attached hydrogen (secondary N) is 1. The van der Waals surface area contributed by atoms with Gasteiger partial charge in [-0.1, -0.05) is 18.2 Å². The first-order valence-electron chi connectivity index (χ1n) is 11.3. The van der Waals surface area contributed by atoms with Gasteiger partial charge in [0.2, 0.25) is 5.91 Å². The van der Waals surface area contributed by atoms with E-state index in [0.717, 1.165) is 41.9 Å². The molecule has 2 heterocycles. The van der Waals surface area contributed by atoms with Crippen LogP contribution in [0.1, 0.15) is 28.2 Å². The molecule has 5 rings (SSSR count). The lowest BCUT2D eigenvalue weighted by molar-refractivity contribution is -0.117. The van der Waals surface area contributed by atoms with Gasteiger partial charge in [-0.25, -0.2) is 9.07 Å². The number of anilines is 1. The zero-order valence-corrected chi connectivity index (χ0v) is 18.3. The summed E-state index contributed by atoms with van der Waals surface area (Å²) in [5.74, 6) is -0.423. The van der Waals surface area contributed by atoms with Crippen molar-refractivity contribution in [3.8, 4) is 5.69 Å². The molecule has 1 N–H and O–H groups in total. The highest BCUT2D eigenvalue weighted by Crippen LogP contribution is 2.29. The topological polar surface area (TPSA) is 70.5 Å². The van der Waals surface area contributed by atoms with Crippen LogP contribution in [0.15, 0.2) is 54.6 Å². The second-order valence-electron chi connectivity index (χ2n) is 8.50. The second-order valence-corrected chi connectivity index (χ2v) is 8.50. The van der Waals surface area contributed by atoms with Crippen molar-refractivity contribution in [2.24, 2.45) is 0 Å². The Hall–Kier alpha value is -3.52. The Morgan fingerprint density at radius 1 is 0.939 bits per heavy atom. The minimum absolute atomic E-state index is 0.0585. The molecule has 2 amide bonds. The van der Waals surface area contributed by atoms with E-state index in [2.05, 4.69) is 15.3 Å². The number of hydrogen-bond donors (Lipinski definition) is 1. The zero-order valence-electron chi connectivity index (χ0n) is 18.3. The molecular weight excluding hydrogens is 421 g/mol. The van der Waals surface area contributed by atoms with Crippen molar-refractivity contribution in [2.45, 2.75) is 19.3 Å². The van der Waals surface area contributed by atoms with E-state index in [4.69, 9.17) is 0 Å². The predicted molar refractivity (Wildman–Crippen MR) is 123 cm³/mol. The number of carbonyl (C=O) groups is 2. The summed E-state index contributed by atoms with van der Waals surface area (Å²) >= 11 is 0. The van der Waals surface area contributed by atoms with Gasteiger partial charge in [0.25, 0.3) is 5.91 Å². The van der Waals surface area contributed by atoms with Crippen LogP contribution in [0, 0.1) is 5.82 Å². The van der Waals surface area contributed by atoms with Crippen molar-refractivity contribution in [1.82, 2.24) is 19.6 Å². The Kier molecular flexibility index (Phi) is 5.92. The van der Waals surface area contributed by atoms with Gasteiger partial charge < -0.3 is 10.2 Å². The number of aromatic nitrogens is 2. The molecule has 1 fully saturated rings. The van der Waals surface area contributed by atoms with Crippen molar-refractivity contribution in [3.05, 3.63) is 77.4 Å². The highest BCUT2D eigenvalue weighted by atomic mass is 19.1. The third kappa shape index (κ3) is 4.52. The average Bonchev–Trinajstić information content (AvgIpc) is 3.43. The molecule has 7 nitrogen and oxygen atoms in total. The smallest absolute Gasteiger partial charge is 0.274 e. The van der Waals surface area contributed by atoms with E-state index < -0.39 is 0 Å². The van der Waals surface area contributed by atoms with E-state index in [1.807, 2.05) is 35.2 Å². The van der Waals surface area contributed by atoms with Crippen LogP contribution in [0.2, 0.25) is 0 Å². The predicted octanol–water partition coefficient (Wildman–Crippen LogP) is 2.90. The molecule has 2 aromatic carbocycles. The van der Waals surface area contributed by atoms with Gasteiger partial charge in [0.1, 0.15) is 5.82 Å². The summed E-state index contributed by atoms with van der Waals surface area (Å²) in [6.07, 6.45) is 2.67. The summed E-state index contributed by atoms with van der Waals surface area (Å²) < 4.78 is 15.1. The summed E-state index contributed by atoms with van der Waals surface area (Å²) in [5.41, 5.74) is 4.10. The number of piperazine rings is 1. The van der Waals surface area contributed by atoms with Gasteiger partial charge in [-0.15, -0.1) is 0 Å². The molecule has 33 heavy (non-hydrogen) atoms. The van der Waals surface area contributed by atoms with Crippen molar-refractivity contribution in [3.63, 3.8) is 0 Å². The summed E-state index contributed by atoms with van der Waals surface area (Å²) in [6, 6.07) is 15.6. The monoisotopic (exact) mass is 447 g/mol. The molecule has 0 bridgehead atoms. The number of fused-ring (bicyclic) bond motifs is 1. The first kappa shape index (κ1) is 21.3. The maximum Gasteiger partial charge on any atom is 0.274 e. The van der Waals surface area contributed by atoms with Crippen LogP contribution in [0.3, 0.4) is 0 Å². The lowest BCUT2D eigenvalue weighted by Crippen LogP contribution is -2.50. The quantitative estimate of drug-likeness (QED) is 0.653. The fraction of sp³-hybridized carbons (Fsp3) is 0.320. The number of rotatable bonds is 5. The number of hydrogen-bond acceptors (Lipinski definition) is 4. The number of para-hydroxylation sites is 1. The number of nitrogens with zero attached hydrogens (tertiary/aromatic N) is 4. The van der Waals surface area contributed by atoms with Crippen molar-refractivity contribution >= 4 is 17.5 Å². The average molecular weight is 448 g/mol. The maximum absolute atomic E-state index is 13.4.